The van der Waals surface area contributed by atoms with Crippen molar-refractivity contribution in [1.82, 2.24) is 4.90 Å². The summed E-state index contributed by atoms with van der Waals surface area (Å²) in [5, 5.41) is 0. The van der Waals surface area contributed by atoms with Crippen molar-refractivity contribution >= 4 is 11.8 Å². The van der Waals surface area contributed by atoms with Crippen molar-refractivity contribution in [3.63, 3.8) is 0 Å². The van der Waals surface area contributed by atoms with Crippen molar-refractivity contribution in [2.75, 3.05) is 6.54 Å². The lowest BCUT2D eigenvalue weighted by molar-refractivity contribution is -0.138. The molecule has 1 saturated heterocycles. The van der Waals surface area contributed by atoms with Gasteiger partial charge in [-0.1, -0.05) is 19.9 Å². The summed E-state index contributed by atoms with van der Waals surface area (Å²) in [7, 11) is 0. The predicted octanol–water partition coefficient (Wildman–Crippen LogP) is 2.13. The van der Waals surface area contributed by atoms with E-state index in [0.29, 0.717) is 12.5 Å². The number of carbonyl (C=O) groups excluding carboxylic acids is 2. The molecule has 3 heteroatoms. The van der Waals surface area contributed by atoms with E-state index in [-0.39, 0.29) is 11.8 Å². The van der Waals surface area contributed by atoms with Gasteiger partial charge in [-0.05, 0) is 25.2 Å². The zero-order chi connectivity index (χ0) is 11.4. The molecule has 1 fully saturated rings. The van der Waals surface area contributed by atoms with Crippen LogP contribution in [0.25, 0.3) is 0 Å². The Kier molecular flexibility index (Phi) is 4.06. The van der Waals surface area contributed by atoms with E-state index < -0.39 is 0 Å². The van der Waals surface area contributed by atoms with Crippen LogP contribution in [0, 0.1) is 5.92 Å². The minimum Gasteiger partial charge on any atom is -0.279 e. The highest BCUT2D eigenvalue weighted by atomic mass is 16.2. The summed E-state index contributed by atoms with van der Waals surface area (Å²) in [6, 6.07) is 0. The van der Waals surface area contributed by atoms with Gasteiger partial charge in [0, 0.05) is 19.0 Å². The van der Waals surface area contributed by atoms with E-state index in [1.807, 2.05) is 6.08 Å². The molecule has 0 aliphatic carbocycles. The van der Waals surface area contributed by atoms with Crippen LogP contribution >= 0.6 is 0 Å². The lowest BCUT2D eigenvalue weighted by atomic mass is 10.1. The van der Waals surface area contributed by atoms with E-state index in [1.54, 1.807) is 0 Å². The molecule has 1 heterocycles. The summed E-state index contributed by atoms with van der Waals surface area (Å²) in [5.74, 6) is 0.417. The second-order valence-corrected chi connectivity index (χ2v) is 4.43. The fourth-order valence-electron chi connectivity index (χ4n) is 1.69. The lowest BCUT2D eigenvalue weighted by Gasteiger charge is -2.08. The number of allylic oxidation sites excluding steroid dienone is 1. The van der Waals surface area contributed by atoms with Crippen LogP contribution in [0.15, 0.2) is 11.6 Å². The van der Waals surface area contributed by atoms with Gasteiger partial charge in [0.1, 0.15) is 0 Å². The molecule has 0 saturated carbocycles. The monoisotopic (exact) mass is 209 g/mol. The van der Waals surface area contributed by atoms with Gasteiger partial charge in [0.25, 0.3) is 5.91 Å². The van der Waals surface area contributed by atoms with Gasteiger partial charge >= 0.3 is 0 Å². The van der Waals surface area contributed by atoms with Gasteiger partial charge in [-0.25, -0.2) is 0 Å². The van der Waals surface area contributed by atoms with E-state index in [0.717, 1.165) is 24.8 Å². The number of hydrogen-bond acceptors (Lipinski definition) is 2. The summed E-state index contributed by atoms with van der Waals surface area (Å²) in [6.45, 7) is 6.32. The number of carbonyl (C=O) groups is 2. The van der Waals surface area contributed by atoms with Crippen LogP contribution in [0.2, 0.25) is 0 Å². The van der Waals surface area contributed by atoms with Crippen molar-refractivity contribution in [2.24, 2.45) is 5.92 Å². The molecule has 1 aliphatic heterocycles. The fraction of sp³-hybridized carbons (Fsp3) is 0.667. The summed E-state index contributed by atoms with van der Waals surface area (Å²) in [5.41, 5.74) is 0.811. The van der Waals surface area contributed by atoms with Gasteiger partial charge in [-0.2, -0.15) is 0 Å². The maximum Gasteiger partial charge on any atom is 0.256 e. The van der Waals surface area contributed by atoms with Gasteiger partial charge in [0.15, 0.2) is 0 Å². The van der Waals surface area contributed by atoms with E-state index >= 15 is 0 Å². The molecule has 3 nitrogen and oxygen atoms in total. The predicted molar refractivity (Wildman–Crippen MR) is 59.2 cm³/mol. The Bertz CT molecular complexity index is 292. The van der Waals surface area contributed by atoms with E-state index in [1.165, 1.54) is 11.8 Å². The molecule has 15 heavy (non-hydrogen) atoms. The number of imide groups is 1. The molecule has 84 valence electrons. The van der Waals surface area contributed by atoms with Crippen molar-refractivity contribution < 1.29 is 9.59 Å². The third kappa shape index (κ3) is 3.18. The first-order valence-corrected chi connectivity index (χ1v) is 5.54. The standard InChI is InChI=1S/C12H19NO2/c1-9(2)5-4-6-11-7-8-13(10(3)14)12(11)15/h6,9H,4-5,7-8H2,1-3H3/b11-6+. The third-order valence-corrected chi connectivity index (χ3v) is 2.64. The first-order valence-electron chi connectivity index (χ1n) is 5.54. The molecule has 0 spiro atoms. The average molecular weight is 209 g/mol. The zero-order valence-electron chi connectivity index (χ0n) is 9.75. The van der Waals surface area contributed by atoms with Crippen molar-refractivity contribution in [3.8, 4) is 0 Å². The Morgan fingerprint density at radius 2 is 2.20 bits per heavy atom. The molecule has 1 rings (SSSR count). The second-order valence-electron chi connectivity index (χ2n) is 4.43. The molecule has 0 unspecified atom stereocenters. The maximum atomic E-state index is 11.7. The zero-order valence-corrected chi connectivity index (χ0v) is 9.75. The van der Waals surface area contributed by atoms with E-state index in [2.05, 4.69) is 13.8 Å². The number of rotatable bonds is 3. The first-order chi connectivity index (χ1) is 7.02. The quantitative estimate of drug-likeness (QED) is 0.668. The largest absolute Gasteiger partial charge is 0.279 e. The van der Waals surface area contributed by atoms with Crippen molar-refractivity contribution in [2.45, 2.75) is 40.0 Å². The van der Waals surface area contributed by atoms with Crippen LogP contribution in [0.1, 0.15) is 40.0 Å². The number of likely N-dealkylation sites (tertiary alicyclic amines) is 1. The maximum absolute atomic E-state index is 11.7. The minimum atomic E-state index is -0.146. The van der Waals surface area contributed by atoms with Gasteiger partial charge in [-0.15, -0.1) is 0 Å². The Hall–Kier alpha value is -1.12. The molecule has 0 bridgehead atoms. The summed E-state index contributed by atoms with van der Waals surface area (Å²) in [6.07, 6.45) is 4.74. The lowest BCUT2D eigenvalue weighted by Crippen LogP contribution is -2.29. The molecular weight excluding hydrogens is 190 g/mol. The van der Waals surface area contributed by atoms with Crippen LogP contribution in [-0.4, -0.2) is 23.3 Å². The van der Waals surface area contributed by atoms with Crippen LogP contribution in [-0.2, 0) is 9.59 Å². The van der Waals surface area contributed by atoms with Crippen LogP contribution < -0.4 is 0 Å². The second kappa shape index (κ2) is 5.10. The molecule has 0 radical (unpaired) electrons. The van der Waals surface area contributed by atoms with Crippen LogP contribution in [0.3, 0.4) is 0 Å². The minimum absolute atomic E-state index is 0.0914. The van der Waals surface area contributed by atoms with Crippen LogP contribution in [0.5, 0.6) is 0 Å². The molecule has 0 atom stereocenters. The van der Waals surface area contributed by atoms with E-state index in [9.17, 15) is 9.59 Å². The Morgan fingerprint density at radius 1 is 1.53 bits per heavy atom. The van der Waals surface area contributed by atoms with Crippen molar-refractivity contribution in [3.05, 3.63) is 11.6 Å². The molecule has 1 aliphatic rings. The molecular formula is C12H19NO2. The molecule has 0 aromatic carbocycles. The average Bonchev–Trinajstić information content (AvgIpc) is 2.47. The first kappa shape index (κ1) is 12.0. The Balaban J connectivity index is 2.52. The molecule has 0 aromatic rings. The molecule has 0 aromatic heterocycles. The smallest absolute Gasteiger partial charge is 0.256 e. The summed E-state index contributed by atoms with van der Waals surface area (Å²) < 4.78 is 0. The summed E-state index contributed by atoms with van der Waals surface area (Å²) >= 11 is 0. The van der Waals surface area contributed by atoms with Gasteiger partial charge in [-0.3, -0.25) is 14.5 Å². The number of nitrogens with zero attached hydrogens (tertiary/aromatic N) is 1. The topological polar surface area (TPSA) is 37.4 Å². The highest BCUT2D eigenvalue weighted by Gasteiger charge is 2.28. The molecule has 2 amide bonds. The van der Waals surface area contributed by atoms with Gasteiger partial charge < -0.3 is 0 Å². The Labute approximate surface area is 91.1 Å². The third-order valence-electron chi connectivity index (χ3n) is 2.64. The van der Waals surface area contributed by atoms with Crippen molar-refractivity contribution in [1.29, 1.82) is 0 Å². The van der Waals surface area contributed by atoms with Crippen LogP contribution in [0.4, 0.5) is 0 Å². The number of amides is 2. The normalized spacial score (nSPS) is 19.3. The SMILES string of the molecule is CC(=O)N1CC/C(=C\CCC(C)C)C1=O. The Morgan fingerprint density at radius 3 is 2.67 bits per heavy atom. The highest BCUT2D eigenvalue weighted by molar-refractivity contribution is 6.05. The number of hydrogen-bond donors (Lipinski definition) is 0. The van der Waals surface area contributed by atoms with E-state index in [4.69, 9.17) is 0 Å². The van der Waals surface area contributed by atoms with Gasteiger partial charge in [0.05, 0.1) is 0 Å². The highest BCUT2D eigenvalue weighted by Crippen LogP contribution is 2.18. The van der Waals surface area contributed by atoms with Gasteiger partial charge in [0.2, 0.25) is 5.91 Å². The molecule has 0 N–H and O–H groups in total. The fourth-order valence-corrected chi connectivity index (χ4v) is 1.69. The summed E-state index contributed by atoms with van der Waals surface area (Å²) in [4.78, 5) is 24.0.